The van der Waals surface area contributed by atoms with Crippen LogP contribution < -0.4 is 11.3 Å². The molecular formula is C13H26BrN5O. The number of likely N-dealkylation sites (N-methyl/N-ethyl adjacent to an activating group) is 1. The first-order chi connectivity index (χ1) is 9.42. The minimum Gasteiger partial charge on any atom is -0.379 e. The van der Waals surface area contributed by atoms with E-state index in [1.54, 1.807) is 7.11 Å². The summed E-state index contributed by atoms with van der Waals surface area (Å²) in [6, 6.07) is -0.112. The van der Waals surface area contributed by atoms with Crippen LogP contribution in [0, 0.1) is 5.92 Å². The molecule has 3 N–H and O–H groups in total. The van der Waals surface area contributed by atoms with E-state index in [0.717, 1.165) is 23.3 Å². The third kappa shape index (κ3) is 4.26. The number of halogens is 1. The molecule has 20 heavy (non-hydrogen) atoms. The van der Waals surface area contributed by atoms with Gasteiger partial charge >= 0.3 is 0 Å². The van der Waals surface area contributed by atoms with Crippen LogP contribution in [-0.2, 0) is 11.3 Å². The largest absolute Gasteiger partial charge is 0.379 e. The second-order valence-electron chi connectivity index (χ2n) is 5.49. The van der Waals surface area contributed by atoms with E-state index in [2.05, 4.69) is 45.2 Å². The zero-order valence-corrected chi connectivity index (χ0v) is 14.5. The Hall–Kier alpha value is -0.470. The van der Waals surface area contributed by atoms with Crippen molar-refractivity contribution in [2.24, 2.45) is 11.8 Å². The number of methoxy groups -OCH3 is 1. The van der Waals surface area contributed by atoms with Crippen molar-refractivity contribution in [3.05, 3.63) is 16.4 Å². The molecule has 0 aromatic carbocycles. The van der Waals surface area contributed by atoms with Gasteiger partial charge in [-0.25, -0.2) is 5.43 Å². The van der Waals surface area contributed by atoms with Crippen LogP contribution in [0.4, 0.5) is 0 Å². The maximum Gasteiger partial charge on any atom is 0.0904 e. The van der Waals surface area contributed by atoms with E-state index in [1.807, 2.05) is 25.0 Å². The Kier molecular flexibility index (Phi) is 7.11. The van der Waals surface area contributed by atoms with Crippen LogP contribution in [0.2, 0.25) is 0 Å². The van der Waals surface area contributed by atoms with Crippen molar-refractivity contribution in [2.45, 2.75) is 32.5 Å². The third-order valence-electron chi connectivity index (χ3n) is 3.32. The number of ether oxygens (including phenoxy) is 1. The van der Waals surface area contributed by atoms with Crippen molar-refractivity contribution in [3.63, 3.8) is 0 Å². The number of nitrogens with zero attached hydrogens (tertiary/aromatic N) is 3. The highest BCUT2D eigenvalue weighted by Gasteiger charge is 2.29. The highest BCUT2D eigenvalue weighted by molar-refractivity contribution is 9.10. The average molecular weight is 348 g/mol. The lowest BCUT2D eigenvalue weighted by Gasteiger charge is -2.29. The van der Waals surface area contributed by atoms with Gasteiger partial charge in [0, 0.05) is 13.7 Å². The normalized spacial score (nSPS) is 15.1. The van der Waals surface area contributed by atoms with Crippen LogP contribution in [0.5, 0.6) is 0 Å². The third-order valence-corrected chi connectivity index (χ3v) is 3.94. The van der Waals surface area contributed by atoms with Crippen LogP contribution in [0.1, 0.15) is 25.6 Å². The van der Waals surface area contributed by atoms with Crippen molar-refractivity contribution < 1.29 is 4.74 Å². The average Bonchev–Trinajstić information content (AvgIpc) is 2.74. The standard InChI is InChI=1S/C13H26BrN5O/c1-9(2)13(20-5)11(17-15)12-10(14)8-16-19(12)7-6-18(3)4/h8-9,11,13,17H,6-7,15H2,1-5H3. The number of aromatic nitrogens is 2. The molecule has 0 aliphatic heterocycles. The Morgan fingerprint density at radius 2 is 2.15 bits per heavy atom. The smallest absolute Gasteiger partial charge is 0.0904 e. The number of hydrogen-bond acceptors (Lipinski definition) is 5. The first-order valence-electron chi connectivity index (χ1n) is 6.77. The molecule has 0 saturated heterocycles. The second kappa shape index (κ2) is 8.09. The van der Waals surface area contributed by atoms with Gasteiger partial charge in [0.15, 0.2) is 0 Å². The Morgan fingerprint density at radius 3 is 2.60 bits per heavy atom. The van der Waals surface area contributed by atoms with Crippen molar-refractivity contribution in [1.29, 1.82) is 0 Å². The van der Waals surface area contributed by atoms with Gasteiger partial charge in [0.1, 0.15) is 0 Å². The monoisotopic (exact) mass is 347 g/mol. The summed E-state index contributed by atoms with van der Waals surface area (Å²) in [6.07, 6.45) is 1.79. The first kappa shape index (κ1) is 17.6. The number of hydrogen-bond donors (Lipinski definition) is 2. The van der Waals surface area contributed by atoms with Crippen LogP contribution >= 0.6 is 15.9 Å². The Balaban J connectivity index is 3.04. The summed E-state index contributed by atoms with van der Waals surface area (Å²) in [5, 5.41) is 4.42. The van der Waals surface area contributed by atoms with Gasteiger partial charge in [0.2, 0.25) is 0 Å². The van der Waals surface area contributed by atoms with E-state index < -0.39 is 0 Å². The molecule has 1 aromatic rings. The maximum atomic E-state index is 5.77. The summed E-state index contributed by atoms with van der Waals surface area (Å²) in [5.74, 6) is 6.11. The maximum absolute atomic E-state index is 5.77. The summed E-state index contributed by atoms with van der Waals surface area (Å²) < 4.78 is 8.53. The predicted molar refractivity (Wildman–Crippen MR) is 84.2 cm³/mol. The molecule has 1 rings (SSSR count). The van der Waals surface area contributed by atoms with Gasteiger partial charge in [0.05, 0.1) is 35.1 Å². The van der Waals surface area contributed by atoms with Gasteiger partial charge in [-0.2, -0.15) is 5.10 Å². The quantitative estimate of drug-likeness (QED) is 0.549. The Labute approximate surface area is 129 Å². The van der Waals surface area contributed by atoms with Gasteiger partial charge in [-0.05, 0) is 35.9 Å². The highest BCUT2D eigenvalue weighted by Crippen LogP contribution is 2.29. The number of rotatable bonds is 8. The van der Waals surface area contributed by atoms with Gasteiger partial charge in [0.25, 0.3) is 0 Å². The Bertz CT molecular complexity index is 407. The van der Waals surface area contributed by atoms with Gasteiger partial charge in [-0.3, -0.25) is 10.5 Å². The minimum absolute atomic E-state index is 0.0221. The predicted octanol–water partition coefficient (Wildman–Crippen LogP) is 1.38. The molecule has 0 amide bonds. The molecule has 7 heteroatoms. The van der Waals surface area contributed by atoms with E-state index in [0.29, 0.717) is 5.92 Å². The lowest BCUT2D eigenvalue weighted by atomic mass is 9.97. The lowest BCUT2D eigenvalue weighted by Crippen LogP contribution is -2.41. The molecule has 0 spiro atoms. The topological polar surface area (TPSA) is 68.3 Å². The van der Waals surface area contributed by atoms with E-state index in [9.17, 15) is 0 Å². The summed E-state index contributed by atoms with van der Waals surface area (Å²) in [7, 11) is 5.80. The van der Waals surface area contributed by atoms with E-state index in [-0.39, 0.29) is 12.1 Å². The van der Waals surface area contributed by atoms with E-state index >= 15 is 0 Å². The molecule has 1 aromatic heterocycles. The van der Waals surface area contributed by atoms with Gasteiger partial charge < -0.3 is 9.64 Å². The molecule has 0 saturated carbocycles. The molecule has 0 bridgehead atoms. The van der Waals surface area contributed by atoms with Crippen molar-refractivity contribution >= 4 is 15.9 Å². The molecule has 1 heterocycles. The molecule has 0 radical (unpaired) electrons. The zero-order valence-electron chi connectivity index (χ0n) is 12.9. The summed E-state index contributed by atoms with van der Waals surface area (Å²) in [6.45, 7) is 5.96. The van der Waals surface area contributed by atoms with Crippen LogP contribution in [0.3, 0.4) is 0 Å². The Morgan fingerprint density at radius 1 is 1.50 bits per heavy atom. The van der Waals surface area contributed by atoms with E-state index in [4.69, 9.17) is 10.6 Å². The molecule has 2 unspecified atom stereocenters. The van der Waals surface area contributed by atoms with Gasteiger partial charge in [-0.15, -0.1) is 0 Å². The number of hydrazine groups is 1. The SMILES string of the molecule is COC(C(C)C)C(NN)c1c(Br)cnn1CCN(C)C. The fourth-order valence-corrected chi connectivity index (χ4v) is 2.82. The number of nitrogens with one attached hydrogen (secondary N) is 1. The van der Waals surface area contributed by atoms with Crippen LogP contribution in [0.25, 0.3) is 0 Å². The second-order valence-corrected chi connectivity index (χ2v) is 6.35. The fourth-order valence-electron chi connectivity index (χ4n) is 2.28. The molecule has 2 atom stereocenters. The van der Waals surface area contributed by atoms with Crippen molar-refractivity contribution in [1.82, 2.24) is 20.1 Å². The molecule has 116 valence electrons. The minimum atomic E-state index is -0.112. The van der Waals surface area contributed by atoms with E-state index in [1.165, 1.54) is 0 Å². The molecule has 6 nitrogen and oxygen atoms in total. The van der Waals surface area contributed by atoms with Gasteiger partial charge in [-0.1, -0.05) is 13.8 Å². The molecular weight excluding hydrogens is 322 g/mol. The van der Waals surface area contributed by atoms with Crippen molar-refractivity contribution in [3.8, 4) is 0 Å². The molecule has 0 aliphatic carbocycles. The van der Waals surface area contributed by atoms with Crippen LogP contribution in [-0.4, -0.2) is 48.5 Å². The molecule has 0 aliphatic rings. The highest BCUT2D eigenvalue weighted by atomic mass is 79.9. The lowest BCUT2D eigenvalue weighted by molar-refractivity contribution is 0.0297. The summed E-state index contributed by atoms with van der Waals surface area (Å²) >= 11 is 3.56. The first-order valence-corrected chi connectivity index (χ1v) is 7.56. The zero-order chi connectivity index (χ0) is 15.3. The van der Waals surface area contributed by atoms with Crippen molar-refractivity contribution in [2.75, 3.05) is 27.7 Å². The van der Waals surface area contributed by atoms with Crippen LogP contribution in [0.15, 0.2) is 10.7 Å². The summed E-state index contributed by atoms with van der Waals surface area (Å²) in [5.41, 5.74) is 3.90. The number of nitrogens with two attached hydrogens (primary N) is 1. The fraction of sp³-hybridized carbons (Fsp3) is 0.769. The molecule has 0 fully saturated rings. The summed E-state index contributed by atoms with van der Waals surface area (Å²) in [4.78, 5) is 2.13.